The number of piperidine rings is 1. The van der Waals surface area contributed by atoms with E-state index in [-0.39, 0.29) is 11.8 Å². The van der Waals surface area contributed by atoms with E-state index in [4.69, 9.17) is 4.52 Å². The van der Waals surface area contributed by atoms with Gasteiger partial charge in [0.1, 0.15) is 17.7 Å². The number of likely N-dealkylation sites (tertiary alicyclic amines) is 1. The van der Waals surface area contributed by atoms with E-state index in [2.05, 4.69) is 15.4 Å². The molecule has 1 aliphatic heterocycles. The van der Waals surface area contributed by atoms with Crippen LogP contribution in [-0.4, -0.2) is 43.7 Å². The van der Waals surface area contributed by atoms with Crippen LogP contribution in [0.15, 0.2) is 35.2 Å². The Morgan fingerprint density at radius 2 is 2.08 bits per heavy atom. The fraction of sp³-hybridized carbons (Fsp3) is 0.444. The highest BCUT2D eigenvalue weighted by Gasteiger charge is 2.35. The predicted octanol–water partition coefficient (Wildman–Crippen LogP) is 2.61. The van der Waals surface area contributed by atoms with Crippen molar-refractivity contribution in [3.8, 4) is 0 Å². The molecule has 0 aromatic carbocycles. The normalized spacial score (nSPS) is 21.0. The largest absolute Gasteiger partial charge is 0.364 e. The number of hydrogen-bond donors (Lipinski definition) is 0. The number of rotatable bonds is 3. The van der Waals surface area contributed by atoms with E-state index in [1.165, 1.54) is 6.26 Å². The molecule has 1 unspecified atom stereocenters. The Hall–Kier alpha value is -2.70. The van der Waals surface area contributed by atoms with Gasteiger partial charge in [0, 0.05) is 31.1 Å². The standard InChI is InChI=1S/C18H19N5O2/c24-18(14-11-25-21-16(14)12-6-7-12)22-8-3-4-13(10-22)17-20-19-15-5-1-2-9-23(15)17/h1-2,5,9,11-13H,3-4,6-8,10H2. The van der Waals surface area contributed by atoms with Crippen LogP contribution in [0, 0.1) is 0 Å². The molecule has 0 radical (unpaired) electrons. The van der Waals surface area contributed by atoms with E-state index in [9.17, 15) is 4.79 Å². The van der Waals surface area contributed by atoms with Gasteiger partial charge in [-0.05, 0) is 37.8 Å². The number of hydrogen-bond acceptors (Lipinski definition) is 5. The van der Waals surface area contributed by atoms with Crippen LogP contribution in [0.1, 0.15) is 59.4 Å². The lowest BCUT2D eigenvalue weighted by Crippen LogP contribution is -2.39. The van der Waals surface area contributed by atoms with Gasteiger partial charge in [-0.1, -0.05) is 11.2 Å². The summed E-state index contributed by atoms with van der Waals surface area (Å²) < 4.78 is 7.11. The third-order valence-electron chi connectivity index (χ3n) is 5.21. The molecule has 25 heavy (non-hydrogen) atoms. The van der Waals surface area contributed by atoms with Crippen molar-refractivity contribution in [1.82, 2.24) is 24.7 Å². The minimum Gasteiger partial charge on any atom is -0.364 e. The minimum absolute atomic E-state index is 0.0293. The SMILES string of the molecule is O=C(c1conc1C1CC1)N1CCCC(c2nnc3ccccn23)C1. The molecule has 2 aliphatic rings. The van der Waals surface area contributed by atoms with Gasteiger partial charge < -0.3 is 9.42 Å². The van der Waals surface area contributed by atoms with Gasteiger partial charge in [-0.3, -0.25) is 9.20 Å². The predicted molar refractivity (Wildman–Crippen MR) is 89.3 cm³/mol. The third-order valence-corrected chi connectivity index (χ3v) is 5.21. The number of carbonyl (C=O) groups excluding carboxylic acids is 1. The zero-order valence-electron chi connectivity index (χ0n) is 13.8. The van der Waals surface area contributed by atoms with E-state index >= 15 is 0 Å². The summed E-state index contributed by atoms with van der Waals surface area (Å²) in [5, 5.41) is 12.7. The van der Waals surface area contributed by atoms with Crippen LogP contribution in [0.4, 0.5) is 0 Å². The van der Waals surface area contributed by atoms with Crippen LogP contribution in [-0.2, 0) is 0 Å². The lowest BCUT2D eigenvalue weighted by molar-refractivity contribution is 0.0702. The fourth-order valence-electron chi connectivity index (χ4n) is 3.74. The summed E-state index contributed by atoms with van der Waals surface area (Å²) >= 11 is 0. The Bertz CT molecular complexity index is 926. The first-order chi connectivity index (χ1) is 12.3. The van der Waals surface area contributed by atoms with Crippen molar-refractivity contribution >= 4 is 11.6 Å². The molecule has 1 saturated heterocycles. The van der Waals surface area contributed by atoms with E-state index in [1.807, 2.05) is 33.7 Å². The van der Waals surface area contributed by atoms with Crippen molar-refractivity contribution in [2.75, 3.05) is 13.1 Å². The van der Waals surface area contributed by atoms with Gasteiger partial charge in [0.15, 0.2) is 5.65 Å². The Morgan fingerprint density at radius 1 is 1.16 bits per heavy atom. The van der Waals surface area contributed by atoms with Crippen molar-refractivity contribution < 1.29 is 9.32 Å². The van der Waals surface area contributed by atoms with Crippen molar-refractivity contribution in [3.05, 3.63) is 47.7 Å². The highest BCUT2D eigenvalue weighted by Crippen LogP contribution is 2.41. The van der Waals surface area contributed by atoms with Crippen molar-refractivity contribution in [2.24, 2.45) is 0 Å². The Balaban J connectivity index is 1.40. The van der Waals surface area contributed by atoms with E-state index < -0.39 is 0 Å². The van der Waals surface area contributed by atoms with Gasteiger partial charge in [0.25, 0.3) is 5.91 Å². The molecule has 1 saturated carbocycles. The lowest BCUT2D eigenvalue weighted by Gasteiger charge is -2.31. The van der Waals surface area contributed by atoms with E-state index in [0.717, 1.165) is 49.4 Å². The van der Waals surface area contributed by atoms with Gasteiger partial charge in [-0.15, -0.1) is 10.2 Å². The first-order valence-corrected chi connectivity index (χ1v) is 8.84. The third kappa shape index (κ3) is 2.50. The smallest absolute Gasteiger partial charge is 0.259 e. The van der Waals surface area contributed by atoms with Crippen molar-refractivity contribution in [2.45, 2.75) is 37.5 Å². The van der Waals surface area contributed by atoms with E-state index in [0.29, 0.717) is 18.0 Å². The molecule has 5 rings (SSSR count). The zero-order valence-corrected chi connectivity index (χ0v) is 13.8. The van der Waals surface area contributed by atoms with Gasteiger partial charge >= 0.3 is 0 Å². The monoisotopic (exact) mass is 337 g/mol. The molecule has 1 amide bonds. The summed E-state index contributed by atoms with van der Waals surface area (Å²) in [5.41, 5.74) is 2.31. The van der Waals surface area contributed by atoms with Gasteiger partial charge in [0.05, 0.1) is 5.69 Å². The summed E-state index contributed by atoms with van der Waals surface area (Å²) in [6, 6.07) is 5.88. The van der Waals surface area contributed by atoms with Crippen LogP contribution in [0.5, 0.6) is 0 Å². The maximum Gasteiger partial charge on any atom is 0.259 e. The first kappa shape index (κ1) is 14.6. The first-order valence-electron chi connectivity index (χ1n) is 8.84. The molecular weight excluding hydrogens is 318 g/mol. The van der Waals surface area contributed by atoms with Gasteiger partial charge in [-0.25, -0.2) is 0 Å². The molecular formula is C18H19N5O2. The second kappa shape index (κ2) is 5.68. The maximum absolute atomic E-state index is 13.0. The van der Waals surface area contributed by atoms with Crippen LogP contribution < -0.4 is 0 Å². The molecule has 0 bridgehead atoms. The topological polar surface area (TPSA) is 76.5 Å². The Labute approximate surface area is 144 Å². The zero-order chi connectivity index (χ0) is 16.8. The molecule has 128 valence electrons. The quantitative estimate of drug-likeness (QED) is 0.734. The lowest BCUT2D eigenvalue weighted by atomic mass is 9.96. The fourth-order valence-corrected chi connectivity index (χ4v) is 3.74. The molecule has 7 heteroatoms. The summed E-state index contributed by atoms with van der Waals surface area (Å²) in [5.74, 6) is 1.56. The maximum atomic E-state index is 13.0. The van der Waals surface area contributed by atoms with Gasteiger partial charge in [0.2, 0.25) is 0 Å². The van der Waals surface area contributed by atoms with Crippen molar-refractivity contribution in [3.63, 3.8) is 0 Å². The average Bonchev–Trinajstić information content (AvgIpc) is 3.22. The number of carbonyl (C=O) groups is 1. The molecule has 0 N–H and O–H groups in total. The van der Waals surface area contributed by atoms with E-state index in [1.54, 1.807) is 0 Å². The van der Waals surface area contributed by atoms with Crippen LogP contribution >= 0.6 is 0 Å². The molecule has 4 heterocycles. The number of aromatic nitrogens is 4. The molecule has 2 fully saturated rings. The Morgan fingerprint density at radius 3 is 2.96 bits per heavy atom. The number of amides is 1. The molecule has 1 atom stereocenters. The van der Waals surface area contributed by atoms with Crippen LogP contribution in [0.25, 0.3) is 5.65 Å². The average molecular weight is 337 g/mol. The molecule has 7 nitrogen and oxygen atoms in total. The molecule has 1 aliphatic carbocycles. The molecule has 3 aromatic heterocycles. The minimum atomic E-state index is 0.0293. The van der Waals surface area contributed by atoms with Crippen LogP contribution in [0.3, 0.4) is 0 Å². The molecule has 3 aromatic rings. The van der Waals surface area contributed by atoms with Crippen molar-refractivity contribution in [1.29, 1.82) is 0 Å². The van der Waals surface area contributed by atoms with Crippen LogP contribution in [0.2, 0.25) is 0 Å². The highest BCUT2D eigenvalue weighted by molar-refractivity contribution is 5.95. The summed E-state index contributed by atoms with van der Waals surface area (Å²) in [4.78, 5) is 14.9. The second-order valence-electron chi connectivity index (χ2n) is 6.97. The summed E-state index contributed by atoms with van der Waals surface area (Å²) in [7, 11) is 0. The summed E-state index contributed by atoms with van der Waals surface area (Å²) in [6.45, 7) is 1.42. The highest BCUT2D eigenvalue weighted by atomic mass is 16.5. The summed E-state index contributed by atoms with van der Waals surface area (Å²) in [6.07, 6.45) is 7.66. The number of nitrogens with zero attached hydrogens (tertiary/aromatic N) is 5. The number of pyridine rings is 1. The Kier molecular flexibility index (Phi) is 3.33. The van der Waals surface area contributed by atoms with Gasteiger partial charge in [-0.2, -0.15) is 0 Å². The molecule has 0 spiro atoms. The number of fused-ring (bicyclic) bond motifs is 1. The second-order valence-corrected chi connectivity index (χ2v) is 6.97.